The van der Waals surface area contributed by atoms with E-state index in [0.29, 0.717) is 13.0 Å². The van der Waals surface area contributed by atoms with E-state index in [4.69, 9.17) is 0 Å². The Labute approximate surface area is 127 Å². The fourth-order valence-electron chi connectivity index (χ4n) is 2.18. The summed E-state index contributed by atoms with van der Waals surface area (Å²) in [6.45, 7) is 7.24. The van der Waals surface area contributed by atoms with Crippen molar-refractivity contribution in [1.29, 1.82) is 0 Å². The number of hydrogen-bond donors (Lipinski definition) is 3. The largest absolute Gasteiger partial charge is 0.393 e. The van der Waals surface area contributed by atoms with Gasteiger partial charge in [0.05, 0.1) is 17.5 Å². The van der Waals surface area contributed by atoms with Crippen LogP contribution in [0.4, 0.5) is 16.2 Å². The first-order valence-electron chi connectivity index (χ1n) is 7.47. The van der Waals surface area contributed by atoms with Gasteiger partial charge in [0.15, 0.2) is 0 Å². The molecule has 2 atom stereocenters. The molecule has 5 heteroatoms. The third-order valence-corrected chi connectivity index (χ3v) is 3.39. The lowest BCUT2D eigenvalue weighted by atomic mass is 10.1. The van der Waals surface area contributed by atoms with E-state index in [-0.39, 0.29) is 18.1 Å². The Balaban J connectivity index is 2.55. The Bertz CT molecular complexity index is 449. The maximum Gasteiger partial charge on any atom is 0.319 e. The molecular formula is C16H27N3O2. The highest BCUT2D eigenvalue weighted by Crippen LogP contribution is 2.24. The van der Waals surface area contributed by atoms with Crippen LogP contribution in [0.2, 0.25) is 0 Å². The van der Waals surface area contributed by atoms with Crippen molar-refractivity contribution in [2.24, 2.45) is 5.92 Å². The lowest BCUT2D eigenvalue weighted by Crippen LogP contribution is -2.33. The Morgan fingerprint density at radius 3 is 2.62 bits per heavy atom. The molecule has 1 rings (SSSR count). The first kappa shape index (κ1) is 17.3. The average molecular weight is 293 g/mol. The number of amides is 2. The zero-order valence-corrected chi connectivity index (χ0v) is 13.4. The first-order valence-corrected chi connectivity index (χ1v) is 7.47. The Morgan fingerprint density at radius 1 is 1.33 bits per heavy atom. The summed E-state index contributed by atoms with van der Waals surface area (Å²) in [5.41, 5.74) is 1.79. The van der Waals surface area contributed by atoms with E-state index in [1.54, 1.807) is 6.92 Å². The Kier molecular flexibility index (Phi) is 7.02. The summed E-state index contributed by atoms with van der Waals surface area (Å²) >= 11 is 0. The smallest absolute Gasteiger partial charge is 0.319 e. The highest BCUT2D eigenvalue weighted by atomic mass is 16.3. The standard InChI is InChI=1S/C16H27N3O2/c1-5-19(4)15-9-7-6-8-14(15)18-16(21)17-11-12(2)10-13(3)20/h6-9,12-13,20H,5,10-11H2,1-4H3,(H2,17,18,21)/t12-,13+/m0/s1. The summed E-state index contributed by atoms with van der Waals surface area (Å²) in [6.07, 6.45) is 0.332. The van der Waals surface area contributed by atoms with Crippen molar-refractivity contribution in [3.05, 3.63) is 24.3 Å². The maximum atomic E-state index is 12.0. The molecule has 118 valence electrons. The van der Waals surface area contributed by atoms with Gasteiger partial charge in [0.1, 0.15) is 0 Å². The maximum absolute atomic E-state index is 12.0. The normalized spacial score (nSPS) is 13.4. The minimum absolute atomic E-state index is 0.218. The number of nitrogens with zero attached hydrogens (tertiary/aromatic N) is 1. The second-order valence-corrected chi connectivity index (χ2v) is 5.56. The first-order chi connectivity index (χ1) is 9.93. The molecule has 1 aromatic carbocycles. The van der Waals surface area contributed by atoms with Crippen LogP contribution >= 0.6 is 0 Å². The van der Waals surface area contributed by atoms with Gasteiger partial charge in [0, 0.05) is 20.1 Å². The van der Waals surface area contributed by atoms with Gasteiger partial charge in [-0.15, -0.1) is 0 Å². The molecule has 1 aromatic rings. The van der Waals surface area contributed by atoms with Crippen molar-refractivity contribution in [3.8, 4) is 0 Å². The van der Waals surface area contributed by atoms with Gasteiger partial charge in [0.2, 0.25) is 0 Å². The van der Waals surface area contributed by atoms with E-state index in [1.807, 2.05) is 38.2 Å². The number of carbonyl (C=O) groups is 1. The summed E-state index contributed by atoms with van der Waals surface area (Å²) in [4.78, 5) is 14.0. The van der Waals surface area contributed by atoms with Gasteiger partial charge >= 0.3 is 6.03 Å². The second-order valence-electron chi connectivity index (χ2n) is 5.56. The predicted octanol–water partition coefficient (Wildman–Crippen LogP) is 2.67. The van der Waals surface area contributed by atoms with Gasteiger partial charge in [0.25, 0.3) is 0 Å². The van der Waals surface area contributed by atoms with Gasteiger partial charge in [-0.05, 0) is 38.3 Å². The van der Waals surface area contributed by atoms with Crippen LogP contribution in [0.15, 0.2) is 24.3 Å². The van der Waals surface area contributed by atoms with Crippen molar-refractivity contribution in [2.45, 2.75) is 33.3 Å². The third-order valence-electron chi connectivity index (χ3n) is 3.39. The number of carbonyl (C=O) groups excluding carboxylic acids is 1. The molecule has 0 spiro atoms. The molecule has 5 nitrogen and oxygen atoms in total. The number of aliphatic hydroxyl groups is 1. The number of aliphatic hydroxyl groups excluding tert-OH is 1. The van der Waals surface area contributed by atoms with Crippen LogP contribution in [0.3, 0.4) is 0 Å². The van der Waals surface area contributed by atoms with Crippen LogP contribution < -0.4 is 15.5 Å². The molecule has 21 heavy (non-hydrogen) atoms. The number of anilines is 2. The minimum atomic E-state index is -0.344. The molecule has 0 fully saturated rings. The van der Waals surface area contributed by atoms with Crippen LogP contribution in [0.1, 0.15) is 27.2 Å². The van der Waals surface area contributed by atoms with Crippen molar-refractivity contribution >= 4 is 17.4 Å². The molecule has 0 bridgehead atoms. The summed E-state index contributed by atoms with van der Waals surface area (Å²) < 4.78 is 0. The van der Waals surface area contributed by atoms with Crippen molar-refractivity contribution in [1.82, 2.24) is 5.32 Å². The lowest BCUT2D eigenvalue weighted by molar-refractivity contribution is 0.163. The molecule has 0 aromatic heterocycles. The van der Waals surface area contributed by atoms with E-state index >= 15 is 0 Å². The molecule has 0 saturated heterocycles. The summed E-state index contributed by atoms with van der Waals surface area (Å²) in [5, 5.41) is 15.0. The number of para-hydroxylation sites is 2. The molecule has 2 amide bonds. The quantitative estimate of drug-likeness (QED) is 0.724. The van der Waals surface area contributed by atoms with E-state index in [0.717, 1.165) is 17.9 Å². The van der Waals surface area contributed by atoms with E-state index in [9.17, 15) is 9.90 Å². The van der Waals surface area contributed by atoms with Crippen LogP contribution in [-0.2, 0) is 0 Å². The Morgan fingerprint density at radius 2 is 2.00 bits per heavy atom. The molecule has 0 aliphatic rings. The summed E-state index contributed by atoms with van der Waals surface area (Å²) in [5.74, 6) is 0.240. The number of hydrogen-bond acceptors (Lipinski definition) is 3. The third kappa shape index (κ3) is 6.04. The number of rotatable bonds is 7. The zero-order valence-electron chi connectivity index (χ0n) is 13.4. The summed E-state index contributed by atoms with van der Waals surface area (Å²) in [7, 11) is 1.99. The van der Waals surface area contributed by atoms with Gasteiger partial charge < -0.3 is 20.6 Å². The van der Waals surface area contributed by atoms with Crippen LogP contribution in [-0.4, -0.2) is 37.4 Å². The van der Waals surface area contributed by atoms with Crippen LogP contribution in [0.25, 0.3) is 0 Å². The molecule has 0 aliphatic carbocycles. The Hall–Kier alpha value is -1.75. The average Bonchev–Trinajstić information content (AvgIpc) is 2.44. The van der Waals surface area contributed by atoms with Crippen LogP contribution in [0.5, 0.6) is 0 Å². The fraction of sp³-hybridized carbons (Fsp3) is 0.562. The van der Waals surface area contributed by atoms with Gasteiger partial charge in [-0.25, -0.2) is 4.79 Å². The topological polar surface area (TPSA) is 64.6 Å². The fourth-order valence-corrected chi connectivity index (χ4v) is 2.18. The highest BCUT2D eigenvalue weighted by Gasteiger charge is 2.11. The van der Waals surface area contributed by atoms with Gasteiger partial charge in [-0.3, -0.25) is 0 Å². The molecule has 3 N–H and O–H groups in total. The monoisotopic (exact) mass is 293 g/mol. The molecule has 0 unspecified atom stereocenters. The van der Waals surface area contributed by atoms with Crippen molar-refractivity contribution in [2.75, 3.05) is 30.4 Å². The summed E-state index contributed by atoms with van der Waals surface area (Å²) in [6, 6.07) is 7.51. The molecule has 0 saturated carbocycles. The number of urea groups is 1. The minimum Gasteiger partial charge on any atom is -0.393 e. The SMILES string of the molecule is CCN(C)c1ccccc1NC(=O)NC[C@@H](C)C[C@@H](C)O. The van der Waals surface area contributed by atoms with Crippen LogP contribution in [0, 0.1) is 5.92 Å². The molecule has 0 heterocycles. The van der Waals surface area contributed by atoms with E-state index < -0.39 is 0 Å². The molecule has 0 aliphatic heterocycles. The highest BCUT2D eigenvalue weighted by molar-refractivity contribution is 5.93. The molecular weight excluding hydrogens is 266 g/mol. The zero-order chi connectivity index (χ0) is 15.8. The number of nitrogens with one attached hydrogen (secondary N) is 2. The number of benzene rings is 1. The lowest BCUT2D eigenvalue weighted by Gasteiger charge is -2.21. The second kappa shape index (κ2) is 8.52. The van der Waals surface area contributed by atoms with Gasteiger partial charge in [-0.2, -0.15) is 0 Å². The predicted molar refractivity (Wildman–Crippen MR) is 87.9 cm³/mol. The van der Waals surface area contributed by atoms with Gasteiger partial charge in [-0.1, -0.05) is 19.1 Å². The van der Waals surface area contributed by atoms with Crippen molar-refractivity contribution in [3.63, 3.8) is 0 Å². The van der Waals surface area contributed by atoms with Crippen molar-refractivity contribution < 1.29 is 9.90 Å². The van der Waals surface area contributed by atoms with E-state index in [1.165, 1.54) is 0 Å². The van der Waals surface area contributed by atoms with E-state index in [2.05, 4.69) is 22.5 Å². The molecule has 0 radical (unpaired) electrons.